The van der Waals surface area contributed by atoms with Crippen LogP contribution in [0, 0.1) is 0 Å². The van der Waals surface area contributed by atoms with Gasteiger partial charge in [0.05, 0.1) is 18.5 Å². The molecular formula is C18H32N4O2. The Hall–Kier alpha value is -1.53. The first-order valence-corrected chi connectivity index (χ1v) is 8.85. The maximum absolute atomic E-state index is 5.85. The first-order valence-electron chi connectivity index (χ1n) is 8.85. The van der Waals surface area contributed by atoms with Crippen LogP contribution < -0.4 is 10.6 Å². The quantitative estimate of drug-likeness (QED) is 0.616. The van der Waals surface area contributed by atoms with Crippen molar-refractivity contribution in [1.82, 2.24) is 15.5 Å². The van der Waals surface area contributed by atoms with Gasteiger partial charge in [-0.25, -0.2) is 4.99 Å². The Bertz CT molecular complexity index is 503. The van der Waals surface area contributed by atoms with Gasteiger partial charge in [-0.2, -0.15) is 0 Å². The fourth-order valence-corrected chi connectivity index (χ4v) is 2.99. The standard InChI is InChI=1S/C18H32N4O2/c1-6-19-17(20-10-16-8-7-9-23-16)21-13-18(4,5)22-11-14(2)24-15(3)12-22/h7-9,14-15H,6,10-13H2,1-5H3,(H2,19,20,21). The molecule has 0 spiro atoms. The van der Waals surface area contributed by atoms with Gasteiger partial charge in [0.15, 0.2) is 5.96 Å². The molecule has 136 valence electrons. The molecular weight excluding hydrogens is 304 g/mol. The molecule has 1 aliphatic heterocycles. The predicted octanol–water partition coefficient (Wildman–Crippen LogP) is 2.22. The molecule has 0 radical (unpaired) electrons. The molecule has 2 unspecified atom stereocenters. The van der Waals surface area contributed by atoms with Crippen LogP contribution in [0.5, 0.6) is 0 Å². The van der Waals surface area contributed by atoms with Gasteiger partial charge in [-0.05, 0) is 46.8 Å². The molecule has 0 amide bonds. The summed E-state index contributed by atoms with van der Waals surface area (Å²) in [6.07, 6.45) is 2.22. The zero-order chi connectivity index (χ0) is 17.6. The molecule has 6 nitrogen and oxygen atoms in total. The van der Waals surface area contributed by atoms with Gasteiger partial charge in [0.1, 0.15) is 12.3 Å². The summed E-state index contributed by atoms with van der Waals surface area (Å²) in [6.45, 7) is 15.0. The van der Waals surface area contributed by atoms with E-state index in [2.05, 4.69) is 55.1 Å². The number of furan rings is 1. The lowest BCUT2D eigenvalue weighted by molar-refractivity contribution is -0.0946. The van der Waals surface area contributed by atoms with Crippen LogP contribution in [-0.2, 0) is 11.3 Å². The zero-order valence-electron chi connectivity index (χ0n) is 15.6. The molecule has 1 fully saturated rings. The molecule has 6 heteroatoms. The summed E-state index contributed by atoms with van der Waals surface area (Å²) in [5, 5.41) is 6.76. The Kier molecular flexibility index (Phi) is 6.69. The molecule has 1 aromatic heterocycles. The fourth-order valence-electron chi connectivity index (χ4n) is 2.99. The summed E-state index contributed by atoms with van der Waals surface area (Å²) < 4.78 is 11.2. The number of hydrogen-bond donors (Lipinski definition) is 2. The van der Waals surface area contributed by atoms with Crippen LogP contribution in [0.1, 0.15) is 40.4 Å². The highest BCUT2D eigenvalue weighted by atomic mass is 16.5. The van der Waals surface area contributed by atoms with E-state index in [1.54, 1.807) is 6.26 Å². The third-order valence-electron chi connectivity index (χ3n) is 4.28. The van der Waals surface area contributed by atoms with Crippen LogP contribution in [0.2, 0.25) is 0 Å². The summed E-state index contributed by atoms with van der Waals surface area (Å²) in [5.74, 6) is 1.68. The number of guanidine groups is 1. The first kappa shape index (κ1) is 18.8. The van der Waals surface area contributed by atoms with E-state index in [4.69, 9.17) is 9.15 Å². The van der Waals surface area contributed by atoms with E-state index in [1.807, 2.05) is 12.1 Å². The van der Waals surface area contributed by atoms with Crippen LogP contribution in [0.4, 0.5) is 0 Å². The van der Waals surface area contributed by atoms with Gasteiger partial charge in [0.25, 0.3) is 0 Å². The molecule has 1 saturated heterocycles. The normalized spacial score (nSPS) is 23.3. The van der Waals surface area contributed by atoms with Crippen molar-refractivity contribution in [2.75, 3.05) is 26.2 Å². The SMILES string of the molecule is CCNC(=NCc1ccco1)NCC(C)(C)N1CC(C)OC(C)C1. The number of nitrogens with zero attached hydrogens (tertiary/aromatic N) is 2. The lowest BCUT2D eigenvalue weighted by Crippen LogP contribution is -2.59. The highest BCUT2D eigenvalue weighted by Gasteiger charge is 2.33. The third kappa shape index (κ3) is 5.53. The molecule has 0 bridgehead atoms. The topological polar surface area (TPSA) is 62.0 Å². The van der Waals surface area contributed by atoms with Crippen LogP contribution in [-0.4, -0.2) is 54.8 Å². The molecule has 0 aliphatic carbocycles. The van der Waals surface area contributed by atoms with Gasteiger partial charge in [0, 0.05) is 31.7 Å². The number of ether oxygens (including phenoxy) is 1. The van der Waals surface area contributed by atoms with Gasteiger partial charge in [-0.15, -0.1) is 0 Å². The molecule has 2 atom stereocenters. The zero-order valence-corrected chi connectivity index (χ0v) is 15.6. The monoisotopic (exact) mass is 336 g/mol. The van der Waals surface area contributed by atoms with Crippen LogP contribution in [0.15, 0.2) is 27.8 Å². The van der Waals surface area contributed by atoms with E-state index in [9.17, 15) is 0 Å². The Labute approximate surface area is 145 Å². The lowest BCUT2D eigenvalue weighted by atomic mass is 10.00. The average Bonchev–Trinajstić information content (AvgIpc) is 3.02. The predicted molar refractivity (Wildman–Crippen MR) is 97.2 cm³/mol. The summed E-state index contributed by atoms with van der Waals surface area (Å²) in [5.41, 5.74) is 0.0210. The molecule has 1 aromatic rings. The minimum absolute atomic E-state index is 0.0210. The summed E-state index contributed by atoms with van der Waals surface area (Å²) in [6, 6.07) is 3.82. The number of rotatable bonds is 6. The third-order valence-corrected chi connectivity index (χ3v) is 4.28. The van der Waals surface area contributed by atoms with E-state index < -0.39 is 0 Å². The number of nitrogens with one attached hydrogen (secondary N) is 2. The average molecular weight is 336 g/mol. The minimum Gasteiger partial charge on any atom is -0.467 e. The van der Waals surface area contributed by atoms with E-state index in [0.29, 0.717) is 6.54 Å². The molecule has 2 rings (SSSR count). The lowest BCUT2D eigenvalue weighted by Gasteiger charge is -2.45. The molecule has 2 heterocycles. The Morgan fingerprint density at radius 2 is 2.00 bits per heavy atom. The Morgan fingerprint density at radius 3 is 2.58 bits per heavy atom. The minimum atomic E-state index is 0.0210. The number of hydrogen-bond acceptors (Lipinski definition) is 4. The molecule has 0 saturated carbocycles. The van der Waals surface area contributed by atoms with E-state index in [0.717, 1.165) is 37.9 Å². The largest absolute Gasteiger partial charge is 0.467 e. The maximum Gasteiger partial charge on any atom is 0.191 e. The second-order valence-corrected chi connectivity index (χ2v) is 7.10. The summed E-state index contributed by atoms with van der Waals surface area (Å²) in [4.78, 5) is 7.09. The van der Waals surface area contributed by atoms with Crippen molar-refractivity contribution in [3.8, 4) is 0 Å². The van der Waals surface area contributed by atoms with Crippen molar-refractivity contribution in [3.05, 3.63) is 24.2 Å². The van der Waals surface area contributed by atoms with Crippen molar-refractivity contribution in [3.63, 3.8) is 0 Å². The second kappa shape index (κ2) is 8.53. The summed E-state index contributed by atoms with van der Waals surface area (Å²) >= 11 is 0. The van der Waals surface area contributed by atoms with Crippen LogP contribution >= 0.6 is 0 Å². The maximum atomic E-state index is 5.85. The van der Waals surface area contributed by atoms with Gasteiger partial charge in [-0.1, -0.05) is 0 Å². The molecule has 0 aromatic carbocycles. The van der Waals surface area contributed by atoms with Gasteiger partial charge < -0.3 is 19.8 Å². The second-order valence-electron chi connectivity index (χ2n) is 7.10. The number of aliphatic imine (C=N–C) groups is 1. The van der Waals surface area contributed by atoms with Gasteiger partial charge >= 0.3 is 0 Å². The highest BCUT2D eigenvalue weighted by molar-refractivity contribution is 5.79. The van der Waals surface area contributed by atoms with Gasteiger partial charge in [0.2, 0.25) is 0 Å². The van der Waals surface area contributed by atoms with Gasteiger partial charge in [-0.3, -0.25) is 4.90 Å². The first-order chi connectivity index (χ1) is 11.4. The Balaban J connectivity index is 1.92. The van der Waals surface area contributed by atoms with E-state index >= 15 is 0 Å². The highest BCUT2D eigenvalue weighted by Crippen LogP contribution is 2.20. The van der Waals surface area contributed by atoms with E-state index in [-0.39, 0.29) is 17.7 Å². The van der Waals surface area contributed by atoms with E-state index in [1.165, 1.54) is 0 Å². The number of morpholine rings is 1. The fraction of sp³-hybridized carbons (Fsp3) is 0.722. The van der Waals surface area contributed by atoms with Crippen molar-refractivity contribution in [2.45, 2.75) is 58.9 Å². The van der Waals surface area contributed by atoms with Crippen molar-refractivity contribution >= 4 is 5.96 Å². The molecule has 24 heavy (non-hydrogen) atoms. The van der Waals surface area contributed by atoms with Crippen molar-refractivity contribution in [1.29, 1.82) is 0 Å². The van der Waals surface area contributed by atoms with Crippen LogP contribution in [0.25, 0.3) is 0 Å². The van der Waals surface area contributed by atoms with Crippen molar-refractivity contribution < 1.29 is 9.15 Å². The smallest absolute Gasteiger partial charge is 0.191 e. The van der Waals surface area contributed by atoms with Crippen LogP contribution in [0.3, 0.4) is 0 Å². The Morgan fingerprint density at radius 1 is 1.29 bits per heavy atom. The summed E-state index contributed by atoms with van der Waals surface area (Å²) in [7, 11) is 0. The molecule has 2 N–H and O–H groups in total. The van der Waals surface area contributed by atoms with Crippen molar-refractivity contribution in [2.24, 2.45) is 4.99 Å². The molecule has 1 aliphatic rings.